The Kier molecular flexibility index (Phi) is 7.28. The number of ether oxygens (including phenoxy) is 2. The topological polar surface area (TPSA) is 81.8 Å². The molecule has 0 saturated heterocycles. The van der Waals surface area contributed by atoms with Crippen molar-refractivity contribution in [2.24, 2.45) is 0 Å². The number of carboxylic acids is 1. The van der Waals surface area contributed by atoms with Crippen molar-refractivity contribution in [2.45, 2.75) is 25.9 Å². The number of aliphatic carboxylic acids is 1. The highest BCUT2D eigenvalue weighted by molar-refractivity contribution is 5.70. The number of aryl methyl sites for hydroxylation is 1. The average Bonchev–Trinajstić information content (AvgIpc) is 3.20. The zero-order valence-corrected chi connectivity index (χ0v) is 19.2. The molecular weight excluding hydrogens is 475 g/mol. The number of halogens is 3. The van der Waals surface area contributed by atoms with E-state index in [9.17, 15) is 18.0 Å². The van der Waals surface area contributed by atoms with Gasteiger partial charge in [0.05, 0.1) is 24.3 Å². The molecule has 4 aromatic rings. The molecule has 3 aromatic carbocycles. The van der Waals surface area contributed by atoms with Crippen LogP contribution in [0, 0.1) is 6.92 Å². The summed E-state index contributed by atoms with van der Waals surface area (Å²) < 4.78 is 55.9. The molecule has 0 spiro atoms. The highest BCUT2D eigenvalue weighted by Crippen LogP contribution is 2.33. The first-order chi connectivity index (χ1) is 17.2. The summed E-state index contributed by atoms with van der Waals surface area (Å²) in [6, 6.07) is 18.5. The highest BCUT2D eigenvalue weighted by atomic mass is 19.4. The second-order valence-corrected chi connectivity index (χ2v) is 7.96. The maximum atomic E-state index is 12.8. The Labute approximate surface area is 204 Å². The van der Waals surface area contributed by atoms with E-state index in [0.29, 0.717) is 46.3 Å². The first-order valence-corrected chi connectivity index (χ1v) is 11.0. The van der Waals surface area contributed by atoms with Crippen molar-refractivity contribution < 1.29 is 37.0 Å². The van der Waals surface area contributed by atoms with Crippen molar-refractivity contribution in [3.63, 3.8) is 0 Å². The van der Waals surface area contributed by atoms with Gasteiger partial charge in [-0.25, -0.2) is 4.98 Å². The lowest BCUT2D eigenvalue weighted by Crippen LogP contribution is -2.04. The molecule has 0 aliphatic heterocycles. The first kappa shape index (κ1) is 24.8. The van der Waals surface area contributed by atoms with E-state index in [-0.39, 0.29) is 18.9 Å². The largest absolute Gasteiger partial charge is 0.489 e. The molecule has 1 aromatic heterocycles. The molecule has 0 unspecified atom stereocenters. The highest BCUT2D eigenvalue weighted by Gasteiger charge is 2.30. The number of carbonyl (C=O) groups is 1. The number of alkyl halides is 3. The van der Waals surface area contributed by atoms with E-state index >= 15 is 0 Å². The SMILES string of the molecule is Cc1oc(-c2ccc(C(F)(F)F)cc2)nc1CCOc1ccccc1Oc1cccc(CC(=O)O)c1. The molecular formula is C27H22F3NO5. The summed E-state index contributed by atoms with van der Waals surface area (Å²) in [6.45, 7) is 1.98. The van der Waals surface area contributed by atoms with Gasteiger partial charge in [0, 0.05) is 12.0 Å². The van der Waals surface area contributed by atoms with Gasteiger partial charge >= 0.3 is 12.1 Å². The van der Waals surface area contributed by atoms with Gasteiger partial charge in [0.15, 0.2) is 11.5 Å². The standard InChI is InChI=1S/C27H22F3NO5/c1-17-22(31-26(35-17)19-9-11-20(12-10-19)27(28,29)30)13-14-34-23-7-2-3-8-24(23)36-21-6-4-5-18(15-21)16-25(32)33/h2-12,15H,13-14,16H2,1H3,(H,32,33). The summed E-state index contributed by atoms with van der Waals surface area (Å²) in [4.78, 5) is 15.4. The van der Waals surface area contributed by atoms with Crippen molar-refractivity contribution >= 4 is 5.97 Å². The fourth-order valence-electron chi connectivity index (χ4n) is 3.52. The summed E-state index contributed by atoms with van der Waals surface area (Å²) >= 11 is 0. The monoisotopic (exact) mass is 497 g/mol. The molecule has 1 heterocycles. The molecule has 186 valence electrons. The molecule has 0 saturated carbocycles. The van der Waals surface area contributed by atoms with Crippen molar-refractivity contribution in [3.8, 4) is 28.7 Å². The summed E-state index contributed by atoms with van der Waals surface area (Å²) in [5.74, 6) is 1.30. The van der Waals surface area contributed by atoms with Crippen LogP contribution in [0.15, 0.2) is 77.2 Å². The summed E-state index contributed by atoms with van der Waals surface area (Å²) in [5.41, 5.74) is 0.952. The number of carboxylic acid groups (broad SMARTS) is 1. The van der Waals surface area contributed by atoms with E-state index in [1.165, 1.54) is 12.1 Å². The summed E-state index contributed by atoms with van der Waals surface area (Å²) in [5, 5.41) is 9.00. The molecule has 0 amide bonds. The van der Waals surface area contributed by atoms with Crippen molar-refractivity contribution in [1.29, 1.82) is 0 Å². The van der Waals surface area contributed by atoms with Crippen molar-refractivity contribution in [2.75, 3.05) is 6.61 Å². The summed E-state index contributed by atoms with van der Waals surface area (Å²) in [7, 11) is 0. The zero-order chi connectivity index (χ0) is 25.7. The molecule has 36 heavy (non-hydrogen) atoms. The van der Waals surface area contributed by atoms with Crippen LogP contribution < -0.4 is 9.47 Å². The Morgan fingerprint density at radius 1 is 1.00 bits per heavy atom. The van der Waals surface area contributed by atoms with Crippen LogP contribution in [0.4, 0.5) is 13.2 Å². The minimum absolute atomic E-state index is 0.110. The van der Waals surface area contributed by atoms with Crippen LogP contribution in [0.3, 0.4) is 0 Å². The molecule has 0 radical (unpaired) electrons. The number of oxazole rings is 1. The Bertz CT molecular complexity index is 1350. The lowest BCUT2D eigenvalue weighted by molar-refractivity contribution is -0.138. The number of nitrogens with zero attached hydrogens (tertiary/aromatic N) is 1. The van der Waals surface area contributed by atoms with Crippen LogP contribution in [0.2, 0.25) is 0 Å². The number of hydrogen-bond acceptors (Lipinski definition) is 5. The van der Waals surface area contributed by atoms with Gasteiger partial charge in [-0.05, 0) is 61.0 Å². The first-order valence-electron chi connectivity index (χ1n) is 11.0. The van der Waals surface area contributed by atoms with Gasteiger partial charge < -0.3 is 19.0 Å². The Balaban J connectivity index is 1.40. The number of benzene rings is 3. The fraction of sp³-hybridized carbons (Fsp3) is 0.185. The maximum absolute atomic E-state index is 12.8. The van der Waals surface area contributed by atoms with E-state index in [1.54, 1.807) is 55.5 Å². The van der Waals surface area contributed by atoms with Crippen molar-refractivity contribution in [3.05, 3.63) is 95.4 Å². The predicted molar refractivity (Wildman–Crippen MR) is 125 cm³/mol. The van der Waals surface area contributed by atoms with Gasteiger partial charge in [0.1, 0.15) is 11.5 Å². The van der Waals surface area contributed by atoms with E-state index in [1.807, 2.05) is 0 Å². The van der Waals surface area contributed by atoms with E-state index in [2.05, 4.69) is 4.98 Å². The van der Waals surface area contributed by atoms with Crippen LogP contribution in [0.25, 0.3) is 11.5 Å². The lowest BCUT2D eigenvalue weighted by atomic mass is 10.1. The Morgan fingerprint density at radius 3 is 2.42 bits per heavy atom. The number of aromatic nitrogens is 1. The van der Waals surface area contributed by atoms with Crippen LogP contribution in [0.1, 0.15) is 22.6 Å². The van der Waals surface area contributed by atoms with Crippen LogP contribution in [-0.4, -0.2) is 22.7 Å². The van der Waals surface area contributed by atoms with E-state index in [4.69, 9.17) is 19.0 Å². The van der Waals surface area contributed by atoms with Gasteiger partial charge in [-0.15, -0.1) is 0 Å². The molecule has 4 rings (SSSR count). The molecule has 1 N–H and O–H groups in total. The van der Waals surface area contributed by atoms with Crippen LogP contribution in [0.5, 0.6) is 17.2 Å². The van der Waals surface area contributed by atoms with Gasteiger partial charge in [-0.2, -0.15) is 13.2 Å². The second-order valence-electron chi connectivity index (χ2n) is 7.96. The third-order valence-corrected chi connectivity index (χ3v) is 5.28. The van der Waals surface area contributed by atoms with Gasteiger partial charge in [0.2, 0.25) is 5.89 Å². The Morgan fingerprint density at radius 2 is 1.72 bits per heavy atom. The molecule has 0 aliphatic carbocycles. The molecule has 0 aliphatic rings. The fourth-order valence-corrected chi connectivity index (χ4v) is 3.52. The maximum Gasteiger partial charge on any atom is 0.416 e. The minimum Gasteiger partial charge on any atom is -0.489 e. The molecule has 0 bridgehead atoms. The second kappa shape index (κ2) is 10.6. The summed E-state index contributed by atoms with van der Waals surface area (Å²) in [6.07, 6.45) is -4.12. The average molecular weight is 497 g/mol. The van der Waals surface area contributed by atoms with E-state index < -0.39 is 17.7 Å². The minimum atomic E-state index is -4.41. The molecule has 0 fully saturated rings. The molecule has 6 nitrogen and oxygen atoms in total. The van der Waals surface area contributed by atoms with Gasteiger partial charge in [-0.1, -0.05) is 24.3 Å². The van der Waals surface area contributed by atoms with E-state index in [0.717, 1.165) is 12.1 Å². The van der Waals surface area contributed by atoms with Crippen molar-refractivity contribution in [1.82, 2.24) is 4.98 Å². The third-order valence-electron chi connectivity index (χ3n) is 5.28. The number of hydrogen-bond donors (Lipinski definition) is 1. The quantitative estimate of drug-likeness (QED) is 0.277. The zero-order valence-electron chi connectivity index (χ0n) is 19.2. The Hall–Kier alpha value is -4.27. The number of rotatable bonds is 9. The number of para-hydroxylation sites is 2. The normalized spacial score (nSPS) is 11.3. The smallest absolute Gasteiger partial charge is 0.416 e. The van der Waals surface area contributed by atoms with Gasteiger partial charge in [-0.3, -0.25) is 4.79 Å². The van der Waals surface area contributed by atoms with Crippen LogP contribution >= 0.6 is 0 Å². The lowest BCUT2D eigenvalue weighted by Gasteiger charge is -2.12. The molecule has 9 heteroatoms. The van der Waals surface area contributed by atoms with Crippen LogP contribution in [-0.2, 0) is 23.8 Å². The van der Waals surface area contributed by atoms with Gasteiger partial charge in [0.25, 0.3) is 0 Å². The third kappa shape index (κ3) is 6.24. The molecule has 0 atom stereocenters. The predicted octanol–water partition coefficient (Wildman–Crippen LogP) is 6.71.